The highest BCUT2D eigenvalue weighted by molar-refractivity contribution is 5.89. The van der Waals surface area contributed by atoms with E-state index in [1.54, 1.807) is 4.90 Å². The van der Waals surface area contributed by atoms with Crippen LogP contribution in [0.4, 0.5) is 16.2 Å². The molecule has 0 saturated carbocycles. The first-order chi connectivity index (χ1) is 14.8. The van der Waals surface area contributed by atoms with Gasteiger partial charge in [-0.15, -0.1) is 0 Å². The Morgan fingerprint density at radius 1 is 1.00 bits per heavy atom. The zero-order valence-corrected chi connectivity index (χ0v) is 18.7. The Kier molecular flexibility index (Phi) is 7.57. The van der Waals surface area contributed by atoms with Crippen molar-refractivity contribution in [1.82, 2.24) is 0 Å². The molecule has 2 aromatic rings. The van der Waals surface area contributed by atoms with E-state index >= 15 is 0 Å². The number of para-hydroxylation sites is 2. The lowest BCUT2D eigenvalue weighted by atomic mass is 9.93. The van der Waals surface area contributed by atoms with E-state index in [2.05, 4.69) is 17.4 Å². The van der Waals surface area contributed by atoms with Crippen LogP contribution in [0.25, 0.3) is 0 Å². The molecule has 6 nitrogen and oxygen atoms in total. The van der Waals surface area contributed by atoms with Crippen molar-refractivity contribution in [3.63, 3.8) is 0 Å². The van der Waals surface area contributed by atoms with Gasteiger partial charge in [-0.3, -0.25) is 4.90 Å². The molecule has 3 N–H and O–H groups in total. The molecule has 2 aliphatic heterocycles. The van der Waals surface area contributed by atoms with Gasteiger partial charge in [0.25, 0.3) is 0 Å². The topological polar surface area (TPSA) is 82.0 Å². The van der Waals surface area contributed by atoms with E-state index in [9.17, 15) is 9.90 Å². The van der Waals surface area contributed by atoms with Gasteiger partial charge in [-0.2, -0.15) is 0 Å². The molecule has 0 bridgehead atoms. The number of carbonyl (C=O) groups excluding carboxylic acids is 1. The van der Waals surface area contributed by atoms with Crippen molar-refractivity contribution in [2.45, 2.75) is 39.2 Å². The third-order valence-corrected chi connectivity index (χ3v) is 5.47. The molecule has 2 aliphatic rings. The second-order valence-corrected chi connectivity index (χ2v) is 9.26. The molecule has 168 valence electrons. The van der Waals surface area contributed by atoms with Crippen LogP contribution >= 0.6 is 0 Å². The zero-order chi connectivity index (χ0) is 22.4. The third kappa shape index (κ3) is 6.21. The van der Waals surface area contributed by atoms with Crippen LogP contribution in [-0.2, 0) is 17.6 Å². The summed E-state index contributed by atoms with van der Waals surface area (Å²) in [6.45, 7) is 7.31. The predicted molar refractivity (Wildman–Crippen MR) is 124 cm³/mol. The van der Waals surface area contributed by atoms with Gasteiger partial charge in [0.15, 0.2) is 0 Å². The fourth-order valence-corrected chi connectivity index (χ4v) is 3.93. The van der Waals surface area contributed by atoms with Gasteiger partial charge >= 0.3 is 6.09 Å². The summed E-state index contributed by atoms with van der Waals surface area (Å²) in [6, 6.07) is 16.1. The van der Waals surface area contributed by atoms with Crippen molar-refractivity contribution in [2.75, 3.05) is 36.5 Å². The van der Waals surface area contributed by atoms with E-state index in [1.807, 2.05) is 57.2 Å². The lowest BCUT2D eigenvalue weighted by Gasteiger charge is -2.35. The lowest BCUT2D eigenvalue weighted by molar-refractivity contribution is 0.0566. The SMILES string of the molecule is CC(C)(C)OC(=O)N1CC(CO)Cc2ccccc21.OCC1CNc2ccccc2C1. The second-order valence-electron chi connectivity index (χ2n) is 9.26. The van der Waals surface area contributed by atoms with Crippen LogP contribution in [0.15, 0.2) is 48.5 Å². The molecule has 2 unspecified atom stereocenters. The van der Waals surface area contributed by atoms with Crippen molar-refractivity contribution in [3.05, 3.63) is 59.7 Å². The number of rotatable bonds is 2. The first-order valence-corrected chi connectivity index (χ1v) is 10.9. The monoisotopic (exact) mass is 426 g/mol. The Hall–Kier alpha value is -2.57. The molecule has 2 aromatic carbocycles. The van der Waals surface area contributed by atoms with Crippen LogP contribution in [0.5, 0.6) is 0 Å². The van der Waals surface area contributed by atoms with Crippen molar-refractivity contribution < 1.29 is 19.7 Å². The average molecular weight is 427 g/mol. The van der Waals surface area contributed by atoms with E-state index in [0.717, 1.165) is 30.6 Å². The highest BCUT2D eigenvalue weighted by atomic mass is 16.6. The van der Waals surface area contributed by atoms with Gasteiger partial charge < -0.3 is 20.3 Å². The Morgan fingerprint density at radius 2 is 1.61 bits per heavy atom. The molecular formula is C25H34N2O4. The number of nitrogens with one attached hydrogen (secondary N) is 1. The molecule has 1 amide bonds. The average Bonchev–Trinajstić information content (AvgIpc) is 2.77. The Labute approximate surface area is 184 Å². The standard InChI is InChI=1S/C15H21NO3.C10H13NO/c1-15(2,3)19-14(18)16-9-11(10-17)8-12-6-4-5-7-13(12)16;12-7-8-5-9-3-1-2-4-10(9)11-6-8/h4-7,11,17H,8-10H2,1-3H3;1-4,8,11-12H,5-7H2. The minimum absolute atomic E-state index is 0.0717. The van der Waals surface area contributed by atoms with Crippen molar-refractivity contribution >= 4 is 17.5 Å². The number of benzene rings is 2. The third-order valence-electron chi connectivity index (χ3n) is 5.47. The van der Waals surface area contributed by atoms with Crippen LogP contribution in [0.2, 0.25) is 0 Å². The molecule has 0 radical (unpaired) electrons. The summed E-state index contributed by atoms with van der Waals surface area (Å²) in [6.07, 6.45) is 1.45. The molecular weight excluding hydrogens is 392 g/mol. The fourth-order valence-electron chi connectivity index (χ4n) is 3.93. The number of nitrogens with zero attached hydrogens (tertiary/aromatic N) is 1. The smallest absolute Gasteiger partial charge is 0.414 e. The van der Waals surface area contributed by atoms with Gasteiger partial charge in [-0.05, 0) is 56.9 Å². The molecule has 0 aliphatic carbocycles. The minimum atomic E-state index is -0.516. The largest absolute Gasteiger partial charge is 0.443 e. The van der Waals surface area contributed by atoms with Gasteiger partial charge in [-0.25, -0.2) is 4.79 Å². The lowest BCUT2D eigenvalue weighted by Crippen LogP contribution is -2.43. The van der Waals surface area contributed by atoms with E-state index in [-0.39, 0.29) is 25.2 Å². The minimum Gasteiger partial charge on any atom is -0.443 e. The van der Waals surface area contributed by atoms with Gasteiger partial charge in [0.05, 0.1) is 5.69 Å². The maximum absolute atomic E-state index is 12.3. The summed E-state index contributed by atoms with van der Waals surface area (Å²) in [5.41, 5.74) is 4.00. The van der Waals surface area contributed by atoms with Gasteiger partial charge in [0.2, 0.25) is 0 Å². The molecule has 6 heteroatoms. The molecule has 0 aromatic heterocycles. The number of anilines is 2. The second kappa shape index (κ2) is 10.2. The Balaban J connectivity index is 0.000000194. The summed E-state index contributed by atoms with van der Waals surface area (Å²) >= 11 is 0. The number of fused-ring (bicyclic) bond motifs is 2. The molecule has 0 fully saturated rings. The van der Waals surface area contributed by atoms with Crippen LogP contribution in [0.1, 0.15) is 31.9 Å². The zero-order valence-electron chi connectivity index (χ0n) is 18.7. The summed E-state index contributed by atoms with van der Waals surface area (Å²) in [5.74, 6) is 0.460. The van der Waals surface area contributed by atoms with E-state index in [1.165, 1.54) is 11.3 Å². The highest BCUT2D eigenvalue weighted by Crippen LogP contribution is 2.30. The maximum atomic E-state index is 12.3. The van der Waals surface area contributed by atoms with Gasteiger partial charge in [0, 0.05) is 43.8 Å². The number of amides is 1. The molecule has 0 spiro atoms. The Morgan fingerprint density at radius 3 is 2.29 bits per heavy atom. The first-order valence-electron chi connectivity index (χ1n) is 10.9. The number of carbonyl (C=O) groups is 1. The first kappa shape index (κ1) is 23.1. The quantitative estimate of drug-likeness (QED) is 0.679. The van der Waals surface area contributed by atoms with E-state index < -0.39 is 5.60 Å². The number of hydrogen-bond donors (Lipinski definition) is 3. The van der Waals surface area contributed by atoms with Gasteiger partial charge in [-0.1, -0.05) is 36.4 Å². The van der Waals surface area contributed by atoms with Crippen molar-refractivity contribution in [1.29, 1.82) is 0 Å². The van der Waals surface area contributed by atoms with E-state index in [4.69, 9.17) is 9.84 Å². The molecule has 4 rings (SSSR count). The molecule has 31 heavy (non-hydrogen) atoms. The number of hydrogen-bond acceptors (Lipinski definition) is 5. The van der Waals surface area contributed by atoms with Crippen LogP contribution in [-0.4, -0.2) is 48.2 Å². The summed E-state index contributed by atoms with van der Waals surface area (Å²) < 4.78 is 5.43. The number of ether oxygens (including phenoxy) is 1. The predicted octanol–water partition coefficient (Wildman–Crippen LogP) is 3.86. The maximum Gasteiger partial charge on any atom is 0.414 e. The van der Waals surface area contributed by atoms with E-state index in [0.29, 0.717) is 12.5 Å². The molecule has 2 atom stereocenters. The van der Waals surface area contributed by atoms with Crippen LogP contribution in [0.3, 0.4) is 0 Å². The highest BCUT2D eigenvalue weighted by Gasteiger charge is 2.31. The van der Waals surface area contributed by atoms with Crippen LogP contribution < -0.4 is 10.2 Å². The van der Waals surface area contributed by atoms with Crippen LogP contribution in [0, 0.1) is 11.8 Å². The van der Waals surface area contributed by atoms with Gasteiger partial charge in [0.1, 0.15) is 5.60 Å². The Bertz CT molecular complexity index is 878. The van der Waals surface area contributed by atoms with Crippen molar-refractivity contribution in [2.24, 2.45) is 11.8 Å². The number of aliphatic hydroxyl groups excluding tert-OH is 2. The van der Waals surface area contributed by atoms with Crippen molar-refractivity contribution in [3.8, 4) is 0 Å². The summed E-state index contributed by atoms with van der Waals surface area (Å²) in [5, 5.41) is 21.7. The summed E-state index contributed by atoms with van der Waals surface area (Å²) in [7, 11) is 0. The molecule has 2 heterocycles. The summed E-state index contributed by atoms with van der Waals surface area (Å²) in [4.78, 5) is 13.9. The fraction of sp³-hybridized carbons (Fsp3) is 0.480. The molecule has 0 saturated heterocycles. The number of aliphatic hydroxyl groups is 2. The normalized spacial score (nSPS) is 19.8.